The van der Waals surface area contributed by atoms with Crippen LogP contribution in [0, 0.1) is 5.92 Å². The van der Waals surface area contributed by atoms with E-state index in [1.54, 1.807) is 0 Å². The Morgan fingerprint density at radius 1 is 1.15 bits per heavy atom. The van der Waals surface area contributed by atoms with Gasteiger partial charge in [0.05, 0.1) is 0 Å². The summed E-state index contributed by atoms with van der Waals surface area (Å²) in [7, 11) is 0. The maximum absolute atomic E-state index is 10.2. The van der Waals surface area contributed by atoms with Gasteiger partial charge in [0, 0.05) is 6.42 Å². The summed E-state index contributed by atoms with van der Waals surface area (Å²) < 4.78 is 0. The first kappa shape index (κ1) is 12.5. The molecular weight excluding hydrogens is 164 g/mol. The molecule has 0 saturated heterocycles. The Balaban J connectivity index is 3.19. The molecule has 0 unspecified atom stereocenters. The van der Waals surface area contributed by atoms with Crippen molar-refractivity contribution >= 4 is 5.97 Å². The summed E-state index contributed by atoms with van der Waals surface area (Å²) in [6.07, 6.45) is 7.23. The first-order chi connectivity index (χ1) is 6.20. The number of hydrogen-bond donors (Lipinski definition) is 1. The Morgan fingerprint density at radius 3 is 2.23 bits per heavy atom. The molecule has 0 saturated carbocycles. The van der Waals surface area contributed by atoms with E-state index < -0.39 is 5.97 Å². The molecular formula is C11H22O2. The molecule has 0 bridgehead atoms. The van der Waals surface area contributed by atoms with Crippen molar-refractivity contribution in [1.82, 2.24) is 0 Å². The van der Waals surface area contributed by atoms with E-state index in [9.17, 15) is 4.79 Å². The van der Waals surface area contributed by atoms with Crippen LogP contribution < -0.4 is 0 Å². The topological polar surface area (TPSA) is 37.3 Å². The van der Waals surface area contributed by atoms with Gasteiger partial charge in [0.2, 0.25) is 0 Å². The second-order valence-corrected chi connectivity index (χ2v) is 3.68. The molecule has 13 heavy (non-hydrogen) atoms. The Morgan fingerprint density at radius 2 is 1.77 bits per heavy atom. The quantitative estimate of drug-likeness (QED) is 0.589. The molecule has 2 heteroatoms. The van der Waals surface area contributed by atoms with E-state index in [-0.39, 0.29) is 0 Å². The lowest BCUT2D eigenvalue weighted by molar-refractivity contribution is -0.137. The largest absolute Gasteiger partial charge is 0.481 e. The van der Waals surface area contributed by atoms with Crippen LogP contribution >= 0.6 is 0 Å². The van der Waals surface area contributed by atoms with Crippen LogP contribution in [-0.2, 0) is 4.79 Å². The summed E-state index contributed by atoms with van der Waals surface area (Å²) in [5, 5.41) is 8.41. The van der Waals surface area contributed by atoms with Crippen molar-refractivity contribution in [2.75, 3.05) is 0 Å². The summed E-state index contributed by atoms with van der Waals surface area (Å²) in [5.74, 6) is 0.187. The van der Waals surface area contributed by atoms with Gasteiger partial charge in [-0.3, -0.25) is 4.79 Å². The van der Waals surface area contributed by atoms with Gasteiger partial charge >= 0.3 is 5.97 Å². The van der Waals surface area contributed by atoms with Gasteiger partial charge < -0.3 is 5.11 Å². The average Bonchev–Trinajstić information content (AvgIpc) is 2.11. The molecule has 0 heterocycles. The number of carboxylic acid groups (broad SMARTS) is 1. The number of carboxylic acids is 1. The molecule has 0 aromatic carbocycles. The Bertz CT molecular complexity index is 128. The van der Waals surface area contributed by atoms with Crippen molar-refractivity contribution in [2.24, 2.45) is 5.92 Å². The van der Waals surface area contributed by atoms with Gasteiger partial charge in [-0.05, 0) is 12.3 Å². The molecule has 78 valence electrons. The molecule has 0 radical (unpaired) electrons. The highest BCUT2D eigenvalue weighted by Crippen LogP contribution is 2.16. The number of aliphatic carboxylic acids is 1. The van der Waals surface area contributed by atoms with Crippen LogP contribution in [0.2, 0.25) is 0 Å². The zero-order chi connectivity index (χ0) is 10.1. The van der Waals surface area contributed by atoms with E-state index in [0.717, 1.165) is 18.8 Å². The highest BCUT2D eigenvalue weighted by molar-refractivity contribution is 5.66. The summed E-state index contributed by atoms with van der Waals surface area (Å²) in [6, 6.07) is 0. The summed E-state index contributed by atoms with van der Waals surface area (Å²) in [6.45, 7) is 4.46. The zero-order valence-corrected chi connectivity index (χ0v) is 8.88. The standard InChI is InChI=1S/C11H22O2/c1-3-10(4-2)8-6-5-7-9-11(12)13/h10H,3-9H2,1-2H3,(H,12,13). The fraction of sp³-hybridized carbons (Fsp3) is 0.909. The van der Waals surface area contributed by atoms with E-state index in [0.29, 0.717) is 6.42 Å². The summed E-state index contributed by atoms with van der Waals surface area (Å²) in [5.41, 5.74) is 0. The number of rotatable bonds is 8. The molecule has 0 aliphatic heterocycles. The molecule has 0 fully saturated rings. The lowest BCUT2D eigenvalue weighted by Gasteiger charge is -2.10. The van der Waals surface area contributed by atoms with Crippen molar-refractivity contribution in [1.29, 1.82) is 0 Å². The lowest BCUT2D eigenvalue weighted by Crippen LogP contribution is -1.97. The summed E-state index contributed by atoms with van der Waals surface area (Å²) in [4.78, 5) is 10.2. The van der Waals surface area contributed by atoms with Crippen molar-refractivity contribution < 1.29 is 9.90 Å². The van der Waals surface area contributed by atoms with Crippen LogP contribution in [0.5, 0.6) is 0 Å². The normalized spacial score (nSPS) is 10.7. The molecule has 0 aliphatic carbocycles. The van der Waals surface area contributed by atoms with Gasteiger partial charge in [-0.15, -0.1) is 0 Å². The van der Waals surface area contributed by atoms with Gasteiger partial charge in [-0.2, -0.15) is 0 Å². The second kappa shape index (κ2) is 8.09. The number of hydrogen-bond acceptors (Lipinski definition) is 1. The highest BCUT2D eigenvalue weighted by Gasteiger charge is 2.03. The Kier molecular flexibility index (Phi) is 7.76. The Hall–Kier alpha value is -0.530. The van der Waals surface area contributed by atoms with E-state index in [1.807, 2.05) is 0 Å². The van der Waals surface area contributed by atoms with Gasteiger partial charge in [0.15, 0.2) is 0 Å². The first-order valence-electron chi connectivity index (χ1n) is 5.42. The molecule has 2 nitrogen and oxygen atoms in total. The van der Waals surface area contributed by atoms with Crippen LogP contribution in [-0.4, -0.2) is 11.1 Å². The third-order valence-electron chi connectivity index (χ3n) is 2.66. The van der Waals surface area contributed by atoms with E-state index in [4.69, 9.17) is 5.11 Å². The fourth-order valence-corrected chi connectivity index (χ4v) is 1.58. The number of unbranched alkanes of at least 4 members (excludes halogenated alkanes) is 2. The molecule has 0 aliphatic rings. The molecule has 0 amide bonds. The van der Waals surface area contributed by atoms with Crippen LogP contribution in [0.1, 0.15) is 58.8 Å². The van der Waals surface area contributed by atoms with Crippen molar-refractivity contribution in [3.63, 3.8) is 0 Å². The van der Waals surface area contributed by atoms with Gasteiger partial charge in [0.1, 0.15) is 0 Å². The minimum atomic E-state index is -0.664. The van der Waals surface area contributed by atoms with Crippen LogP contribution in [0.3, 0.4) is 0 Å². The predicted octanol–water partition coefficient (Wildman–Crippen LogP) is 3.46. The van der Waals surface area contributed by atoms with Gasteiger partial charge in [-0.1, -0.05) is 46.0 Å². The monoisotopic (exact) mass is 186 g/mol. The molecule has 0 aromatic rings. The van der Waals surface area contributed by atoms with E-state index in [2.05, 4.69) is 13.8 Å². The smallest absolute Gasteiger partial charge is 0.303 e. The third kappa shape index (κ3) is 7.82. The Labute approximate surface area is 81.3 Å². The van der Waals surface area contributed by atoms with E-state index >= 15 is 0 Å². The molecule has 1 N–H and O–H groups in total. The highest BCUT2D eigenvalue weighted by atomic mass is 16.4. The molecule has 0 rings (SSSR count). The minimum absolute atomic E-state index is 0.336. The third-order valence-corrected chi connectivity index (χ3v) is 2.66. The maximum atomic E-state index is 10.2. The van der Waals surface area contributed by atoms with Crippen molar-refractivity contribution in [2.45, 2.75) is 58.8 Å². The van der Waals surface area contributed by atoms with E-state index in [1.165, 1.54) is 25.7 Å². The van der Waals surface area contributed by atoms with Crippen molar-refractivity contribution in [3.05, 3.63) is 0 Å². The molecule has 0 atom stereocenters. The number of carbonyl (C=O) groups is 1. The van der Waals surface area contributed by atoms with Gasteiger partial charge in [0.25, 0.3) is 0 Å². The predicted molar refractivity (Wildman–Crippen MR) is 54.8 cm³/mol. The van der Waals surface area contributed by atoms with Crippen LogP contribution in [0.25, 0.3) is 0 Å². The maximum Gasteiger partial charge on any atom is 0.303 e. The lowest BCUT2D eigenvalue weighted by atomic mass is 9.96. The molecule has 0 aromatic heterocycles. The van der Waals surface area contributed by atoms with Crippen LogP contribution in [0.15, 0.2) is 0 Å². The summed E-state index contributed by atoms with van der Waals surface area (Å²) >= 11 is 0. The first-order valence-corrected chi connectivity index (χ1v) is 5.42. The molecule has 0 spiro atoms. The fourth-order valence-electron chi connectivity index (χ4n) is 1.58. The van der Waals surface area contributed by atoms with Crippen molar-refractivity contribution in [3.8, 4) is 0 Å². The minimum Gasteiger partial charge on any atom is -0.481 e. The second-order valence-electron chi connectivity index (χ2n) is 3.68. The average molecular weight is 186 g/mol. The van der Waals surface area contributed by atoms with Crippen LogP contribution in [0.4, 0.5) is 0 Å². The SMILES string of the molecule is CCC(CC)CCCCCC(=O)O. The van der Waals surface area contributed by atoms with Gasteiger partial charge in [-0.25, -0.2) is 0 Å². The zero-order valence-electron chi connectivity index (χ0n) is 8.88.